The molecule has 2 N–H and O–H groups in total. The van der Waals surface area contributed by atoms with E-state index in [9.17, 15) is 0 Å². The van der Waals surface area contributed by atoms with Crippen molar-refractivity contribution in [3.8, 4) is 0 Å². The molecule has 1 aromatic carbocycles. The van der Waals surface area contributed by atoms with E-state index >= 15 is 0 Å². The van der Waals surface area contributed by atoms with Gasteiger partial charge in [0.25, 0.3) is 0 Å². The molecule has 1 saturated heterocycles. The number of aryl methyl sites for hydroxylation is 3. The lowest BCUT2D eigenvalue weighted by Crippen LogP contribution is -2.48. The molecule has 1 aromatic heterocycles. The zero-order valence-corrected chi connectivity index (χ0v) is 21.8. The molecule has 2 heterocycles. The van der Waals surface area contributed by atoms with Crippen LogP contribution in [0.15, 0.2) is 29.3 Å². The molecule has 0 bridgehead atoms. The highest BCUT2D eigenvalue weighted by Gasteiger charge is 2.20. The fraction of sp³-hybridized carbons (Fsp3) is 0.565. The Morgan fingerprint density at radius 3 is 2.63 bits per heavy atom. The van der Waals surface area contributed by atoms with Crippen molar-refractivity contribution < 1.29 is 0 Å². The van der Waals surface area contributed by atoms with Gasteiger partial charge in [0.15, 0.2) is 5.96 Å². The fourth-order valence-electron chi connectivity index (χ4n) is 3.89. The van der Waals surface area contributed by atoms with E-state index < -0.39 is 0 Å². The van der Waals surface area contributed by atoms with Crippen LogP contribution in [0.3, 0.4) is 0 Å². The summed E-state index contributed by atoms with van der Waals surface area (Å²) in [6, 6.07) is 9.35. The van der Waals surface area contributed by atoms with Gasteiger partial charge in [-0.3, -0.25) is 9.89 Å². The van der Waals surface area contributed by atoms with Crippen molar-refractivity contribution in [2.75, 3.05) is 26.2 Å². The van der Waals surface area contributed by atoms with E-state index in [1.54, 1.807) is 11.3 Å². The predicted molar refractivity (Wildman–Crippen MR) is 139 cm³/mol. The van der Waals surface area contributed by atoms with Crippen LogP contribution in [0.1, 0.15) is 46.5 Å². The molecule has 0 amide bonds. The van der Waals surface area contributed by atoms with Gasteiger partial charge in [-0.05, 0) is 46.1 Å². The summed E-state index contributed by atoms with van der Waals surface area (Å²) in [4.78, 5) is 13.2. The van der Waals surface area contributed by atoms with Crippen molar-refractivity contribution in [1.29, 1.82) is 0 Å². The van der Waals surface area contributed by atoms with E-state index in [-0.39, 0.29) is 24.0 Å². The lowest BCUT2D eigenvalue weighted by atomic mass is 10.0. The van der Waals surface area contributed by atoms with Gasteiger partial charge >= 0.3 is 0 Å². The standard InChI is InChI=1S/C23H35N5S.HI/c1-5-24-23(25-12-9-22-18(3)26-19(4)29-22)27-21-10-13-28(14-11-21)16-20-8-6-7-17(2)15-20;/h6-8,15,21H,5,9-14,16H2,1-4H3,(H2,24,25,27);1H. The number of likely N-dealkylation sites (tertiary alicyclic amines) is 1. The Labute approximate surface area is 202 Å². The third-order valence-electron chi connectivity index (χ3n) is 5.37. The number of guanidine groups is 1. The van der Waals surface area contributed by atoms with Gasteiger partial charge < -0.3 is 10.6 Å². The first-order valence-electron chi connectivity index (χ1n) is 10.8. The van der Waals surface area contributed by atoms with E-state index in [4.69, 9.17) is 4.99 Å². The maximum atomic E-state index is 4.81. The molecule has 0 aliphatic carbocycles. The molecule has 2 aromatic rings. The molecule has 0 spiro atoms. The van der Waals surface area contributed by atoms with Gasteiger partial charge in [0.1, 0.15) is 0 Å². The number of piperidine rings is 1. The van der Waals surface area contributed by atoms with Crippen molar-refractivity contribution in [2.24, 2.45) is 4.99 Å². The van der Waals surface area contributed by atoms with Gasteiger partial charge in [0.05, 0.1) is 10.7 Å². The predicted octanol–water partition coefficient (Wildman–Crippen LogP) is 4.45. The monoisotopic (exact) mass is 541 g/mol. The number of aliphatic imine (C=N–C) groups is 1. The van der Waals surface area contributed by atoms with Crippen molar-refractivity contribution in [3.05, 3.63) is 51.0 Å². The zero-order chi connectivity index (χ0) is 20.6. The topological polar surface area (TPSA) is 52.6 Å². The smallest absolute Gasteiger partial charge is 0.191 e. The van der Waals surface area contributed by atoms with Crippen LogP contribution in [-0.4, -0.2) is 48.1 Å². The fourth-order valence-corrected chi connectivity index (χ4v) is 4.82. The summed E-state index contributed by atoms with van der Waals surface area (Å²) in [5, 5.41) is 8.21. The van der Waals surface area contributed by atoms with Crippen LogP contribution in [0.2, 0.25) is 0 Å². The molecule has 7 heteroatoms. The molecular weight excluding hydrogens is 505 g/mol. The first-order chi connectivity index (χ1) is 14.0. The molecule has 0 saturated carbocycles. The Bertz CT molecular complexity index is 812. The van der Waals surface area contributed by atoms with Gasteiger partial charge in [0.2, 0.25) is 0 Å². The van der Waals surface area contributed by atoms with Crippen LogP contribution < -0.4 is 10.6 Å². The van der Waals surface area contributed by atoms with E-state index in [0.717, 1.165) is 68.6 Å². The van der Waals surface area contributed by atoms with Gasteiger partial charge in [-0.15, -0.1) is 35.3 Å². The molecule has 5 nitrogen and oxygen atoms in total. The molecule has 1 fully saturated rings. The van der Waals surface area contributed by atoms with Crippen molar-refractivity contribution in [1.82, 2.24) is 20.5 Å². The molecule has 30 heavy (non-hydrogen) atoms. The minimum absolute atomic E-state index is 0. The lowest BCUT2D eigenvalue weighted by Gasteiger charge is -2.33. The van der Waals surface area contributed by atoms with Crippen LogP contribution in [0.4, 0.5) is 0 Å². The number of rotatable bonds is 7. The quantitative estimate of drug-likeness (QED) is 0.309. The summed E-state index contributed by atoms with van der Waals surface area (Å²) in [5.41, 5.74) is 3.91. The van der Waals surface area contributed by atoms with Crippen LogP contribution in [0.5, 0.6) is 0 Å². The number of nitrogens with zero attached hydrogens (tertiary/aromatic N) is 3. The summed E-state index contributed by atoms with van der Waals surface area (Å²) < 4.78 is 0. The molecule has 1 aliphatic rings. The highest BCUT2D eigenvalue weighted by molar-refractivity contribution is 14.0. The number of halogens is 1. The summed E-state index contributed by atoms with van der Waals surface area (Å²) in [7, 11) is 0. The average Bonchev–Trinajstić information content (AvgIpc) is 3.01. The van der Waals surface area contributed by atoms with Gasteiger partial charge in [-0.1, -0.05) is 29.8 Å². The summed E-state index contributed by atoms with van der Waals surface area (Å²) >= 11 is 1.79. The zero-order valence-electron chi connectivity index (χ0n) is 18.7. The van der Waals surface area contributed by atoms with E-state index in [1.807, 2.05) is 0 Å². The summed E-state index contributed by atoms with van der Waals surface area (Å²) in [5.74, 6) is 0.948. The molecule has 3 rings (SSSR count). The number of nitrogens with one attached hydrogen (secondary N) is 2. The van der Waals surface area contributed by atoms with Gasteiger partial charge in [0, 0.05) is 50.1 Å². The highest BCUT2D eigenvalue weighted by atomic mass is 127. The third-order valence-corrected chi connectivity index (χ3v) is 6.50. The SMILES string of the molecule is CCNC(=NCCc1sc(C)nc1C)NC1CCN(Cc2cccc(C)c2)CC1.I. The number of hydrogen-bond donors (Lipinski definition) is 2. The molecule has 0 radical (unpaired) electrons. The number of thiazole rings is 1. The summed E-state index contributed by atoms with van der Waals surface area (Å²) in [6.07, 6.45) is 3.27. The van der Waals surface area contributed by atoms with Gasteiger partial charge in [-0.25, -0.2) is 4.98 Å². The Morgan fingerprint density at radius 2 is 2.00 bits per heavy atom. The van der Waals surface area contributed by atoms with Crippen molar-refractivity contribution in [2.45, 2.75) is 59.5 Å². The summed E-state index contributed by atoms with van der Waals surface area (Å²) in [6.45, 7) is 13.4. The second kappa shape index (κ2) is 12.6. The second-order valence-corrected chi connectivity index (χ2v) is 9.22. The van der Waals surface area contributed by atoms with Crippen LogP contribution >= 0.6 is 35.3 Å². The molecular formula is C23H36IN5S. The second-order valence-electron chi connectivity index (χ2n) is 7.94. The normalized spacial score (nSPS) is 15.7. The maximum Gasteiger partial charge on any atom is 0.191 e. The molecule has 0 atom stereocenters. The number of hydrogen-bond acceptors (Lipinski definition) is 4. The Hall–Kier alpha value is -1.19. The third kappa shape index (κ3) is 7.81. The van der Waals surface area contributed by atoms with Crippen LogP contribution in [0, 0.1) is 20.8 Å². The maximum absolute atomic E-state index is 4.81. The van der Waals surface area contributed by atoms with Crippen LogP contribution in [-0.2, 0) is 13.0 Å². The van der Waals surface area contributed by atoms with E-state index in [2.05, 4.69) is 72.5 Å². The number of aromatic nitrogens is 1. The Kier molecular flexibility index (Phi) is 10.5. The average molecular weight is 542 g/mol. The van der Waals surface area contributed by atoms with Crippen LogP contribution in [0.25, 0.3) is 0 Å². The molecule has 166 valence electrons. The molecule has 0 unspecified atom stereocenters. The number of benzene rings is 1. The van der Waals surface area contributed by atoms with Crippen molar-refractivity contribution >= 4 is 41.3 Å². The van der Waals surface area contributed by atoms with Gasteiger partial charge in [-0.2, -0.15) is 0 Å². The minimum Gasteiger partial charge on any atom is -0.357 e. The largest absolute Gasteiger partial charge is 0.357 e. The minimum atomic E-state index is 0. The first-order valence-corrected chi connectivity index (χ1v) is 11.6. The highest BCUT2D eigenvalue weighted by Crippen LogP contribution is 2.18. The Balaban J connectivity index is 0.00000320. The lowest BCUT2D eigenvalue weighted by molar-refractivity contribution is 0.198. The van der Waals surface area contributed by atoms with E-state index in [0.29, 0.717) is 6.04 Å². The van der Waals surface area contributed by atoms with E-state index in [1.165, 1.54) is 16.0 Å². The molecule has 1 aliphatic heterocycles. The first kappa shape index (κ1) is 25.1. The Morgan fingerprint density at radius 1 is 1.23 bits per heavy atom. The van der Waals surface area contributed by atoms with Crippen molar-refractivity contribution in [3.63, 3.8) is 0 Å².